The van der Waals surface area contributed by atoms with Crippen molar-refractivity contribution in [1.82, 2.24) is 30.2 Å². The summed E-state index contributed by atoms with van der Waals surface area (Å²) in [6.07, 6.45) is 6.86. The Morgan fingerprint density at radius 1 is 1.34 bits per heavy atom. The van der Waals surface area contributed by atoms with Crippen LogP contribution in [0.4, 0.5) is 5.82 Å². The van der Waals surface area contributed by atoms with Gasteiger partial charge in [0.15, 0.2) is 0 Å². The van der Waals surface area contributed by atoms with Crippen molar-refractivity contribution in [1.29, 1.82) is 0 Å². The molecule has 0 bridgehead atoms. The summed E-state index contributed by atoms with van der Waals surface area (Å²) in [7, 11) is 1.99. The van der Waals surface area contributed by atoms with Crippen molar-refractivity contribution in [2.24, 2.45) is 10.7 Å². The largest absolute Gasteiger partial charge is 0.386 e. The molecule has 3 aromatic rings. The Hall–Kier alpha value is -3.95. The maximum absolute atomic E-state index is 12.1. The van der Waals surface area contributed by atoms with Crippen molar-refractivity contribution in [2.45, 2.75) is 20.0 Å². The highest BCUT2D eigenvalue weighted by Gasteiger charge is 2.16. The van der Waals surface area contributed by atoms with Crippen LogP contribution in [-0.4, -0.2) is 63.3 Å². The number of carbonyl (C=O) groups is 1. The number of aryl methyl sites for hydroxylation is 1. The lowest BCUT2D eigenvalue weighted by Gasteiger charge is -2.27. The molecule has 1 aliphatic rings. The molecule has 0 unspecified atom stereocenters. The summed E-state index contributed by atoms with van der Waals surface area (Å²) in [5.41, 5.74) is 9.09. The lowest BCUT2D eigenvalue weighted by molar-refractivity contribution is -0.121. The van der Waals surface area contributed by atoms with Crippen LogP contribution in [0.2, 0.25) is 0 Å². The number of anilines is 1. The summed E-state index contributed by atoms with van der Waals surface area (Å²) < 4.78 is 1.49. The highest BCUT2D eigenvalue weighted by Crippen LogP contribution is 2.26. The molecular weight excluding hydrogens is 406 g/mol. The number of amides is 1. The molecule has 10 nitrogen and oxygen atoms in total. The van der Waals surface area contributed by atoms with Crippen LogP contribution in [0.1, 0.15) is 11.1 Å². The quantitative estimate of drug-likeness (QED) is 0.545. The number of hydrogen-bond donors (Lipinski definition) is 2. The molecule has 2 aromatic heterocycles. The van der Waals surface area contributed by atoms with Gasteiger partial charge in [0.2, 0.25) is 5.91 Å². The van der Waals surface area contributed by atoms with Crippen LogP contribution in [0.3, 0.4) is 0 Å². The average molecular weight is 434 g/mol. The van der Waals surface area contributed by atoms with E-state index in [-0.39, 0.29) is 12.5 Å². The van der Waals surface area contributed by atoms with Gasteiger partial charge in [0.25, 0.3) is 0 Å². The third-order valence-electron chi connectivity index (χ3n) is 5.27. The van der Waals surface area contributed by atoms with Gasteiger partial charge in [-0.25, -0.2) is 14.7 Å². The van der Waals surface area contributed by atoms with Crippen LogP contribution in [0.25, 0.3) is 10.9 Å². The van der Waals surface area contributed by atoms with Crippen molar-refractivity contribution >= 4 is 28.5 Å². The highest BCUT2D eigenvalue weighted by molar-refractivity contribution is 5.85. The van der Waals surface area contributed by atoms with E-state index < -0.39 is 0 Å². The molecule has 166 valence electrons. The molecular formula is C22H27N9O. The minimum Gasteiger partial charge on any atom is -0.386 e. The number of nitrogens with two attached hydrogens (primary N) is 1. The molecule has 1 aliphatic heterocycles. The molecule has 0 spiro atoms. The normalized spacial score (nSPS) is 13.3. The molecule has 0 fully saturated rings. The summed E-state index contributed by atoms with van der Waals surface area (Å²) in [5.74, 6) is 1.36. The molecule has 10 heteroatoms. The van der Waals surface area contributed by atoms with Gasteiger partial charge >= 0.3 is 0 Å². The second kappa shape index (κ2) is 9.46. The zero-order valence-corrected chi connectivity index (χ0v) is 18.3. The van der Waals surface area contributed by atoms with Crippen molar-refractivity contribution < 1.29 is 4.79 Å². The van der Waals surface area contributed by atoms with E-state index in [0.717, 1.165) is 27.8 Å². The molecule has 4 rings (SSSR count). The summed E-state index contributed by atoms with van der Waals surface area (Å²) in [6, 6.07) is 8.37. The Morgan fingerprint density at radius 2 is 2.22 bits per heavy atom. The van der Waals surface area contributed by atoms with E-state index >= 15 is 0 Å². The Morgan fingerprint density at radius 3 is 3.00 bits per heavy atom. The molecule has 0 saturated carbocycles. The maximum atomic E-state index is 12.1. The molecule has 3 N–H and O–H groups in total. The van der Waals surface area contributed by atoms with E-state index in [1.54, 1.807) is 18.6 Å². The number of likely N-dealkylation sites (N-methyl/N-ethyl adjacent to an activating group) is 1. The second-order valence-electron chi connectivity index (χ2n) is 7.81. The van der Waals surface area contributed by atoms with Gasteiger partial charge < -0.3 is 20.9 Å². The third-order valence-corrected chi connectivity index (χ3v) is 5.27. The fourth-order valence-electron chi connectivity index (χ4n) is 3.67. The van der Waals surface area contributed by atoms with Crippen LogP contribution >= 0.6 is 0 Å². The van der Waals surface area contributed by atoms with Crippen molar-refractivity contribution in [2.75, 3.05) is 31.6 Å². The number of hydrogen-bond acceptors (Lipinski definition) is 8. The number of carbonyl (C=O) groups excluding carboxylic acids is 1. The number of benzene rings is 1. The zero-order valence-electron chi connectivity index (χ0n) is 18.3. The molecule has 3 heterocycles. The first-order chi connectivity index (χ1) is 15.5. The maximum Gasteiger partial charge on any atom is 0.241 e. The van der Waals surface area contributed by atoms with Crippen LogP contribution < -0.4 is 16.0 Å². The first-order valence-corrected chi connectivity index (χ1v) is 10.4. The number of amidine groups is 1. The number of aliphatic imine (C=N–C) groups is 1. The third kappa shape index (κ3) is 5.02. The summed E-state index contributed by atoms with van der Waals surface area (Å²) in [6.45, 7) is 4.53. The molecule has 0 radical (unpaired) electrons. The molecule has 0 aliphatic carbocycles. The predicted molar refractivity (Wildman–Crippen MR) is 124 cm³/mol. The monoisotopic (exact) mass is 433 g/mol. The van der Waals surface area contributed by atoms with E-state index in [1.807, 2.05) is 19.3 Å². The lowest BCUT2D eigenvalue weighted by Crippen LogP contribution is -2.36. The predicted octanol–water partition coefficient (Wildman–Crippen LogP) is 1.03. The molecule has 1 amide bonds. The number of rotatable bonds is 8. The van der Waals surface area contributed by atoms with Gasteiger partial charge in [-0.15, -0.1) is 5.10 Å². The minimum atomic E-state index is -0.111. The number of para-hydroxylation sites is 1. The molecule has 32 heavy (non-hydrogen) atoms. The second-order valence-corrected chi connectivity index (χ2v) is 7.81. The van der Waals surface area contributed by atoms with E-state index in [4.69, 9.17) is 10.7 Å². The number of pyridine rings is 1. The smallest absolute Gasteiger partial charge is 0.241 e. The van der Waals surface area contributed by atoms with Gasteiger partial charge in [-0.05, 0) is 18.6 Å². The summed E-state index contributed by atoms with van der Waals surface area (Å²) >= 11 is 0. The van der Waals surface area contributed by atoms with Gasteiger partial charge in [0.05, 0.1) is 18.3 Å². The van der Waals surface area contributed by atoms with Gasteiger partial charge in [-0.3, -0.25) is 4.79 Å². The van der Waals surface area contributed by atoms with Crippen molar-refractivity contribution in [3.63, 3.8) is 0 Å². The average Bonchev–Trinajstić information content (AvgIpc) is 3.26. The van der Waals surface area contributed by atoms with Gasteiger partial charge in [-0.1, -0.05) is 23.4 Å². The summed E-state index contributed by atoms with van der Waals surface area (Å²) in [5, 5.41) is 11.5. The highest BCUT2D eigenvalue weighted by atomic mass is 16.2. The van der Waals surface area contributed by atoms with Gasteiger partial charge in [0, 0.05) is 56.2 Å². The van der Waals surface area contributed by atoms with Gasteiger partial charge in [0.1, 0.15) is 18.2 Å². The number of nitrogens with zero attached hydrogens (tertiary/aromatic N) is 7. The fraction of sp³-hybridized carbons (Fsp3) is 0.318. The number of nitrogens with one attached hydrogen (secondary N) is 1. The topological polar surface area (TPSA) is 118 Å². The standard InChI is InChI=1S/C22H27N9O/c1-16-4-3-5-17-12-18(13-30-10-7-24-19(23)14-30)22(27-21(16)17)29(2)9-6-25-20(32)15-31-11-8-26-28-31/h3-5,7-8,10-12H,6,9,13-15H2,1-2H3,(H2,23,24)(H,25,32). The first-order valence-electron chi connectivity index (χ1n) is 10.4. The van der Waals surface area contributed by atoms with Crippen molar-refractivity contribution in [3.8, 4) is 0 Å². The van der Waals surface area contributed by atoms with Gasteiger partial charge in [-0.2, -0.15) is 0 Å². The molecule has 1 aromatic carbocycles. The van der Waals surface area contributed by atoms with Crippen LogP contribution in [0.15, 0.2) is 54.1 Å². The number of fused-ring (bicyclic) bond motifs is 1. The minimum absolute atomic E-state index is 0.111. The summed E-state index contributed by atoms with van der Waals surface area (Å²) in [4.78, 5) is 25.4. The van der Waals surface area contributed by atoms with Crippen LogP contribution in [-0.2, 0) is 17.9 Å². The van der Waals surface area contributed by atoms with Crippen molar-refractivity contribution in [3.05, 3.63) is 60.2 Å². The Bertz CT molecular complexity index is 1150. The van der Waals surface area contributed by atoms with Crippen LogP contribution in [0.5, 0.6) is 0 Å². The van der Waals surface area contributed by atoms with E-state index in [0.29, 0.717) is 32.0 Å². The fourth-order valence-corrected chi connectivity index (χ4v) is 3.67. The number of aromatic nitrogens is 4. The first kappa shape index (κ1) is 21.3. The molecule has 0 atom stereocenters. The Labute approximate surface area is 186 Å². The van der Waals surface area contributed by atoms with Crippen LogP contribution in [0, 0.1) is 6.92 Å². The zero-order chi connectivity index (χ0) is 22.5. The Balaban J connectivity index is 1.49. The van der Waals surface area contributed by atoms with E-state index in [2.05, 4.69) is 55.5 Å². The Kier molecular flexibility index (Phi) is 6.29. The van der Waals surface area contributed by atoms with E-state index in [1.165, 1.54) is 4.68 Å². The lowest BCUT2D eigenvalue weighted by atomic mass is 10.1. The molecule has 0 saturated heterocycles. The SMILES string of the molecule is Cc1cccc2cc(CN3C=CN=C(N)C3)c(N(C)CCNC(=O)Cn3ccnn3)nc12. The van der Waals surface area contributed by atoms with E-state index in [9.17, 15) is 4.79 Å².